The van der Waals surface area contributed by atoms with Gasteiger partial charge in [-0.25, -0.2) is 14.2 Å². The molecule has 4 rings (SSSR count). The summed E-state index contributed by atoms with van der Waals surface area (Å²) in [5.74, 6) is -0.350. The summed E-state index contributed by atoms with van der Waals surface area (Å²) in [4.78, 5) is 31.8. The molecule has 156 valence electrons. The highest BCUT2D eigenvalue weighted by molar-refractivity contribution is 5.79. The van der Waals surface area contributed by atoms with E-state index < -0.39 is 28.9 Å². The highest BCUT2D eigenvalue weighted by Crippen LogP contribution is 2.43. The number of benzene rings is 2. The first-order chi connectivity index (χ1) is 14.2. The van der Waals surface area contributed by atoms with Crippen LogP contribution in [0, 0.1) is 11.2 Å². The van der Waals surface area contributed by atoms with Crippen LogP contribution in [0.1, 0.15) is 45.5 Å². The van der Waals surface area contributed by atoms with E-state index in [1.165, 1.54) is 21.6 Å². The number of hydrogen-bond acceptors (Lipinski definition) is 3. The van der Waals surface area contributed by atoms with E-state index in [2.05, 4.69) is 4.98 Å². The number of carbonyl (C=O) groups is 1. The molecule has 0 bridgehead atoms. The quantitative estimate of drug-likeness (QED) is 0.674. The molecule has 1 saturated carbocycles. The molecule has 0 radical (unpaired) electrons. The van der Waals surface area contributed by atoms with Gasteiger partial charge in [0.05, 0.1) is 17.2 Å². The van der Waals surface area contributed by atoms with Gasteiger partial charge < -0.3 is 5.11 Å². The summed E-state index contributed by atoms with van der Waals surface area (Å²) in [5, 5.41) is 9.91. The van der Waals surface area contributed by atoms with Crippen LogP contribution < -0.4 is 5.56 Å². The molecule has 1 heterocycles. The van der Waals surface area contributed by atoms with Gasteiger partial charge in [-0.2, -0.15) is 0 Å². The van der Waals surface area contributed by atoms with Crippen molar-refractivity contribution in [3.05, 3.63) is 70.5 Å². The van der Waals surface area contributed by atoms with Crippen LogP contribution in [-0.2, 0) is 0 Å². The molecule has 1 amide bonds. The van der Waals surface area contributed by atoms with Crippen LogP contribution in [0.4, 0.5) is 9.18 Å². The summed E-state index contributed by atoms with van der Waals surface area (Å²) < 4.78 is 15.9. The lowest BCUT2D eigenvalue weighted by Gasteiger charge is -2.39. The van der Waals surface area contributed by atoms with Gasteiger partial charge in [-0.3, -0.25) is 14.3 Å². The largest absolute Gasteiger partial charge is 0.465 e. The summed E-state index contributed by atoms with van der Waals surface area (Å²) >= 11 is 0. The summed E-state index contributed by atoms with van der Waals surface area (Å²) in [6.07, 6.45) is 0.499. The molecule has 0 aliphatic heterocycles. The Morgan fingerprint density at radius 1 is 1.17 bits per heavy atom. The van der Waals surface area contributed by atoms with E-state index >= 15 is 0 Å². The van der Waals surface area contributed by atoms with E-state index in [0.29, 0.717) is 11.5 Å². The van der Waals surface area contributed by atoms with E-state index in [9.17, 15) is 19.1 Å². The van der Waals surface area contributed by atoms with Crippen molar-refractivity contribution in [2.75, 3.05) is 0 Å². The maximum atomic E-state index is 14.6. The Balaban J connectivity index is 2.10. The van der Waals surface area contributed by atoms with Crippen molar-refractivity contribution >= 4 is 17.0 Å². The predicted molar refractivity (Wildman–Crippen MR) is 112 cm³/mol. The molecule has 1 aliphatic rings. The van der Waals surface area contributed by atoms with Crippen molar-refractivity contribution in [1.82, 2.24) is 14.5 Å². The second kappa shape index (κ2) is 7.23. The third-order valence-electron chi connectivity index (χ3n) is 5.39. The molecular formula is C23H24FN3O3. The first-order valence-electron chi connectivity index (χ1n) is 9.98. The minimum atomic E-state index is -1.05. The highest BCUT2D eigenvalue weighted by Gasteiger charge is 2.45. The minimum Gasteiger partial charge on any atom is -0.465 e. The predicted octanol–water partition coefficient (Wildman–Crippen LogP) is 4.75. The number of hydrogen-bond donors (Lipinski definition) is 1. The van der Waals surface area contributed by atoms with Gasteiger partial charge in [0, 0.05) is 6.04 Å². The Labute approximate surface area is 173 Å². The van der Waals surface area contributed by atoms with E-state index in [4.69, 9.17) is 0 Å². The van der Waals surface area contributed by atoms with E-state index in [1.807, 2.05) is 26.8 Å². The molecule has 2 aromatic carbocycles. The average Bonchev–Trinajstić information content (AvgIpc) is 3.50. The zero-order valence-corrected chi connectivity index (χ0v) is 17.2. The number of carboxylic acid groups (broad SMARTS) is 1. The van der Waals surface area contributed by atoms with E-state index in [-0.39, 0.29) is 16.9 Å². The zero-order valence-electron chi connectivity index (χ0n) is 17.2. The average molecular weight is 409 g/mol. The molecule has 1 N–H and O–H groups in total. The lowest BCUT2D eigenvalue weighted by molar-refractivity contribution is 0.0712. The van der Waals surface area contributed by atoms with Crippen molar-refractivity contribution in [2.24, 2.45) is 5.41 Å². The van der Waals surface area contributed by atoms with Gasteiger partial charge in [-0.1, -0.05) is 45.0 Å². The first kappa shape index (κ1) is 20.1. The molecule has 30 heavy (non-hydrogen) atoms. The van der Waals surface area contributed by atoms with E-state index in [0.717, 1.165) is 12.8 Å². The summed E-state index contributed by atoms with van der Waals surface area (Å²) in [5.41, 5.74) is -0.365. The van der Waals surface area contributed by atoms with Gasteiger partial charge in [0.25, 0.3) is 5.56 Å². The molecule has 0 unspecified atom stereocenters. The van der Waals surface area contributed by atoms with Crippen LogP contribution in [0.15, 0.2) is 53.3 Å². The Kier molecular flexibility index (Phi) is 4.84. The molecular weight excluding hydrogens is 385 g/mol. The highest BCUT2D eigenvalue weighted by atomic mass is 19.1. The number of nitrogens with zero attached hydrogens (tertiary/aromatic N) is 3. The van der Waals surface area contributed by atoms with Crippen LogP contribution >= 0.6 is 0 Å². The standard InChI is InChI=1S/C23H24FN3O3/c1-23(2,3)19(26(22(29)30)15-12-13-15)20-25-17-11-7-10-16(24)18(17)21(28)27(20)14-8-5-4-6-9-14/h4-11,15,19H,12-13H2,1-3H3,(H,29,30)/t19-/m1/s1. The molecule has 1 atom stereocenters. The van der Waals surface area contributed by atoms with Crippen molar-refractivity contribution in [2.45, 2.75) is 45.7 Å². The summed E-state index contributed by atoms with van der Waals surface area (Å²) in [6.45, 7) is 5.77. The van der Waals surface area contributed by atoms with Crippen molar-refractivity contribution in [3.63, 3.8) is 0 Å². The Morgan fingerprint density at radius 3 is 2.40 bits per heavy atom. The SMILES string of the molecule is CC(C)(C)[C@@H](c1nc2cccc(F)c2c(=O)n1-c1ccccc1)N(C(=O)O)C1CC1. The maximum Gasteiger partial charge on any atom is 0.408 e. The smallest absolute Gasteiger partial charge is 0.408 e. The number of halogens is 1. The lowest BCUT2D eigenvalue weighted by atomic mass is 9.84. The lowest BCUT2D eigenvalue weighted by Crippen LogP contribution is -2.45. The fourth-order valence-corrected chi connectivity index (χ4v) is 3.98. The molecule has 0 saturated heterocycles. The number of aromatic nitrogens is 2. The second-order valence-electron chi connectivity index (χ2n) is 8.77. The normalized spacial score (nSPS) is 15.2. The van der Waals surface area contributed by atoms with Gasteiger partial charge in [-0.05, 0) is 42.5 Å². The monoisotopic (exact) mass is 409 g/mol. The molecule has 3 aromatic rings. The van der Waals surface area contributed by atoms with Crippen LogP contribution in [0.3, 0.4) is 0 Å². The minimum absolute atomic E-state index is 0.106. The Morgan fingerprint density at radius 2 is 1.83 bits per heavy atom. The molecule has 0 spiro atoms. The van der Waals surface area contributed by atoms with Crippen molar-refractivity contribution in [3.8, 4) is 5.69 Å². The summed E-state index contributed by atoms with van der Waals surface area (Å²) in [7, 11) is 0. The summed E-state index contributed by atoms with van der Waals surface area (Å²) in [6, 6.07) is 12.4. The second-order valence-corrected chi connectivity index (χ2v) is 8.77. The van der Waals surface area contributed by atoms with Crippen molar-refractivity contribution < 1.29 is 14.3 Å². The number of amides is 1. The van der Waals surface area contributed by atoms with E-state index in [1.54, 1.807) is 30.3 Å². The fourth-order valence-electron chi connectivity index (χ4n) is 3.98. The third-order valence-corrected chi connectivity index (χ3v) is 5.39. The Hall–Kier alpha value is -3.22. The van der Waals surface area contributed by atoms with Crippen LogP contribution in [-0.4, -0.2) is 31.7 Å². The zero-order chi connectivity index (χ0) is 21.6. The number of para-hydroxylation sites is 1. The molecule has 6 nitrogen and oxygen atoms in total. The fraction of sp³-hybridized carbons (Fsp3) is 0.348. The Bertz CT molecular complexity index is 1160. The first-order valence-corrected chi connectivity index (χ1v) is 9.98. The van der Waals surface area contributed by atoms with Crippen LogP contribution in [0.5, 0.6) is 0 Å². The van der Waals surface area contributed by atoms with Gasteiger partial charge in [0.1, 0.15) is 17.0 Å². The van der Waals surface area contributed by atoms with Gasteiger partial charge in [0.2, 0.25) is 0 Å². The third kappa shape index (κ3) is 3.44. The number of rotatable bonds is 4. The van der Waals surface area contributed by atoms with Gasteiger partial charge in [0.15, 0.2) is 0 Å². The molecule has 1 fully saturated rings. The van der Waals surface area contributed by atoms with Gasteiger partial charge >= 0.3 is 6.09 Å². The maximum absolute atomic E-state index is 14.6. The molecule has 7 heteroatoms. The van der Waals surface area contributed by atoms with Crippen LogP contribution in [0.2, 0.25) is 0 Å². The molecule has 1 aliphatic carbocycles. The van der Waals surface area contributed by atoms with Gasteiger partial charge in [-0.15, -0.1) is 0 Å². The topological polar surface area (TPSA) is 75.4 Å². The molecule has 1 aromatic heterocycles. The number of fused-ring (bicyclic) bond motifs is 1. The van der Waals surface area contributed by atoms with Crippen LogP contribution in [0.25, 0.3) is 16.6 Å². The van der Waals surface area contributed by atoms with Crippen molar-refractivity contribution in [1.29, 1.82) is 0 Å².